The number of amides is 3. The summed E-state index contributed by atoms with van der Waals surface area (Å²) >= 11 is 6.36. The molecule has 1 aromatic carbocycles. The van der Waals surface area contributed by atoms with Crippen molar-refractivity contribution in [3.05, 3.63) is 50.4 Å². The number of benzene rings is 1. The van der Waals surface area contributed by atoms with Crippen LogP contribution in [0, 0.1) is 6.92 Å². The van der Waals surface area contributed by atoms with Crippen molar-refractivity contribution in [2.24, 2.45) is 0 Å². The minimum absolute atomic E-state index is 0.0728. The highest BCUT2D eigenvalue weighted by Crippen LogP contribution is 2.16. The number of carbonyl (C=O) groups excluding carboxylic acids is 3. The molecule has 0 saturated carbocycles. The molecule has 28 heavy (non-hydrogen) atoms. The number of thiazole rings is 1. The summed E-state index contributed by atoms with van der Waals surface area (Å²) < 4.78 is 0.642. The maximum atomic E-state index is 12.5. The van der Waals surface area contributed by atoms with E-state index in [1.165, 1.54) is 11.3 Å². The smallest absolute Gasteiger partial charge is 0.260 e. The van der Waals surface area contributed by atoms with Crippen molar-refractivity contribution >= 4 is 56.8 Å². The predicted molar refractivity (Wildman–Crippen MR) is 115 cm³/mol. The molecule has 0 aliphatic heterocycles. The van der Waals surface area contributed by atoms with Crippen LogP contribution in [-0.4, -0.2) is 40.8 Å². The van der Waals surface area contributed by atoms with E-state index < -0.39 is 11.9 Å². The molecular formula is C18H21BrN4O3S2. The molecule has 0 saturated heterocycles. The molecule has 0 aliphatic rings. The Hall–Kier alpha value is -1.91. The summed E-state index contributed by atoms with van der Waals surface area (Å²) in [6.45, 7) is 1.86. The van der Waals surface area contributed by atoms with Gasteiger partial charge in [0.05, 0.1) is 22.7 Å². The van der Waals surface area contributed by atoms with Crippen molar-refractivity contribution in [2.45, 2.75) is 25.8 Å². The molecule has 0 fully saturated rings. The summed E-state index contributed by atoms with van der Waals surface area (Å²) in [6.07, 6.45) is 2.43. The van der Waals surface area contributed by atoms with Gasteiger partial charge in [-0.15, -0.1) is 11.3 Å². The molecule has 7 nitrogen and oxygen atoms in total. The average Bonchev–Trinajstić information content (AvgIpc) is 3.07. The lowest BCUT2D eigenvalue weighted by molar-refractivity contribution is -0.129. The first-order chi connectivity index (χ1) is 13.4. The second-order valence-corrected chi connectivity index (χ2v) is 8.76. The van der Waals surface area contributed by atoms with E-state index in [1.54, 1.807) is 41.4 Å². The van der Waals surface area contributed by atoms with Crippen LogP contribution >= 0.6 is 39.0 Å². The van der Waals surface area contributed by atoms with Crippen molar-refractivity contribution in [1.82, 2.24) is 21.2 Å². The van der Waals surface area contributed by atoms with Gasteiger partial charge < -0.3 is 5.32 Å². The number of nitrogens with one attached hydrogen (secondary N) is 3. The van der Waals surface area contributed by atoms with Gasteiger partial charge in [-0.3, -0.25) is 25.2 Å². The second-order valence-electron chi connectivity index (χ2n) is 5.86. The van der Waals surface area contributed by atoms with Gasteiger partial charge in [0.15, 0.2) is 0 Å². The molecule has 0 unspecified atom stereocenters. The van der Waals surface area contributed by atoms with Gasteiger partial charge in [-0.1, -0.05) is 12.1 Å². The Bertz CT molecular complexity index is 844. The quantitative estimate of drug-likeness (QED) is 0.499. The fourth-order valence-corrected chi connectivity index (χ4v) is 3.85. The second kappa shape index (κ2) is 11.2. The topological polar surface area (TPSA) is 100 Å². The number of aromatic nitrogens is 1. The normalized spacial score (nSPS) is 11.5. The Labute approximate surface area is 180 Å². The largest absolute Gasteiger partial charge is 0.340 e. The van der Waals surface area contributed by atoms with Gasteiger partial charge in [0, 0.05) is 9.85 Å². The third kappa shape index (κ3) is 6.92. The fourth-order valence-electron chi connectivity index (χ4n) is 2.30. The summed E-state index contributed by atoms with van der Waals surface area (Å²) in [5, 5.41) is 5.40. The maximum Gasteiger partial charge on any atom is 0.260 e. The van der Waals surface area contributed by atoms with Crippen molar-refractivity contribution in [3.8, 4) is 0 Å². The van der Waals surface area contributed by atoms with Crippen LogP contribution in [0.5, 0.6) is 0 Å². The SMILES string of the molecule is CSCC[C@H](NC(=O)c1ccccc1Br)C(=O)NNC(=O)Cc1csc(C)n1. The van der Waals surface area contributed by atoms with Crippen LogP contribution in [0.2, 0.25) is 0 Å². The molecule has 2 aromatic rings. The monoisotopic (exact) mass is 484 g/mol. The van der Waals surface area contributed by atoms with Gasteiger partial charge in [0.2, 0.25) is 5.91 Å². The lowest BCUT2D eigenvalue weighted by Crippen LogP contribution is -2.52. The lowest BCUT2D eigenvalue weighted by Gasteiger charge is -2.18. The summed E-state index contributed by atoms with van der Waals surface area (Å²) in [5.41, 5.74) is 5.86. The first kappa shape index (κ1) is 22.4. The molecule has 1 atom stereocenters. The Balaban J connectivity index is 1.93. The summed E-state index contributed by atoms with van der Waals surface area (Å²) in [5.74, 6) is -0.532. The molecule has 10 heteroatoms. The van der Waals surface area contributed by atoms with Crippen molar-refractivity contribution in [1.29, 1.82) is 0 Å². The lowest BCUT2D eigenvalue weighted by atomic mass is 10.1. The van der Waals surface area contributed by atoms with Crippen LogP contribution in [0.3, 0.4) is 0 Å². The highest BCUT2D eigenvalue weighted by Gasteiger charge is 2.22. The minimum Gasteiger partial charge on any atom is -0.340 e. The van der Waals surface area contributed by atoms with E-state index in [2.05, 4.69) is 37.1 Å². The zero-order chi connectivity index (χ0) is 20.5. The number of rotatable bonds is 8. The molecule has 0 radical (unpaired) electrons. The maximum absolute atomic E-state index is 12.5. The molecule has 0 bridgehead atoms. The first-order valence-corrected chi connectivity index (χ1v) is 11.5. The molecule has 3 N–H and O–H groups in total. The number of thioether (sulfide) groups is 1. The number of aryl methyl sites for hydroxylation is 1. The van der Waals surface area contributed by atoms with Crippen LogP contribution in [0.15, 0.2) is 34.1 Å². The number of hydrogen-bond donors (Lipinski definition) is 3. The molecule has 0 aliphatic carbocycles. The Morgan fingerprint density at radius 1 is 1.25 bits per heavy atom. The van der Waals surface area contributed by atoms with Gasteiger partial charge in [-0.2, -0.15) is 11.8 Å². The Morgan fingerprint density at radius 2 is 2.00 bits per heavy atom. The van der Waals surface area contributed by atoms with E-state index in [-0.39, 0.29) is 18.2 Å². The zero-order valence-corrected chi connectivity index (χ0v) is 18.7. The van der Waals surface area contributed by atoms with Gasteiger partial charge in [-0.25, -0.2) is 4.98 Å². The van der Waals surface area contributed by atoms with E-state index in [0.29, 0.717) is 27.9 Å². The molecule has 2 rings (SSSR count). The highest BCUT2D eigenvalue weighted by molar-refractivity contribution is 9.10. The number of halogens is 1. The predicted octanol–water partition coefficient (Wildman–Crippen LogP) is 2.46. The summed E-state index contributed by atoms with van der Waals surface area (Å²) in [7, 11) is 0. The zero-order valence-electron chi connectivity index (χ0n) is 15.5. The van der Waals surface area contributed by atoms with Crippen LogP contribution in [-0.2, 0) is 16.0 Å². The summed E-state index contributed by atoms with van der Waals surface area (Å²) in [4.78, 5) is 41.2. The minimum atomic E-state index is -0.770. The number of nitrogens with zero attached hydrogens (tertiary/aromatic N) is 1. The summed E-state index contributed by atoms with van der Waals surface area (Å²) in [6, 6.07) is 6.20. The van der Waals surface area contributed by atoms with E-state index in [0.717, 1.165) is 5.01 Å². The van der Waals surface area contributed by atoms with Crippen LogP contribution in [0.1, 0.15) is 27.5 Å². The first-order valence-electron chi connectivity index (χ1n) is 8.44. The van der Waals surface area contributed by atoms with Crippen LogP contribution in [0.4, 0.5) is 0 Å². The fraction of sp³-hybridized carbons (Fsp3) is 0.333. The average molecular weight is 485 g/mol. The van der Waals surface area contributed by atoms with Crippen molar-refractivity contribution in [2.75, 3.05) is 12.0 Å². The van der Waals surface area contributed by atoms with Gasteiger partial charge in [0.25, 0.3) is 11.8 Å². The molecule has 150 valence electrons. The van der Waals surface area contributed by atoms with E-state index >= 15 is 0 Å². The van der Waals surface area contributed by atoms with E-state index in [4.69, 9.17) is 0 Å². The molecular weight excluding hydrogens is 464 g/mol. The molecule has 1 heterocycles. The Kier molecular flexibility index (Phi) is 8.94. The molecule has 0 spiro atoms. The van der Waals surface area contributed by atoms with E-state index in [9.17, 15) is 14.4 Å². The van der Waals surface area contributed by atoms with Gasteiger partial charge in [-0.05, 0) is 53.4 Å². The number of hydrogen-bond acceptors (Lipinski definition) is 6. The molecule has 3 amide bonds. The van der Waals surface area contributed by atoms with Gasteiger partial charge >= 0.3 is 0 Å². The highest BCUT2D eigenvalue weighted by atomic mass is 79.9. The number of carbonyl (C=O) groups is 3. The van der Waals surface area contributed by atoms with Crippen molar-refractivity contribution in [3.63, 3.8) is 0 Å². The van der Waals surface area contributed by atoms with Gasteiger partial charge in [0.1, 0.15) is 6.04 Å². The van der Waals surface area contributed by atoms with Crippen LogP contribution < -0.4 is 16.2 Å². The Morgan fingerprint density at radius 3 is 2.64 bits per heavy atom. The van der Waals surface area contributed by atoms with Crippen molar-refractivity contribution < 1.29 is 14.4 Å². The standard InChI is InChI=1S/C18H21BrN4O3S2/c1-11-20-12(10-28-11)9-16(24)22-23-18(26)15(7-8-27-2)21-17(25)13-5-3-4-6-14(13)19/h3-6,10,15H,7-9H2,1-2H3,(H,21,25)(H,22,24)(H,23,26)/t15-/m0/s1. The number of hydrazine groups is 1. The third-order valence-corrected chi connectivity index (χ3v) is 5.84. The third-order valence-electron chi connectivity index (χ3n) is 3.68. The molecule has 1 aromatic heterocycles. The van der Waals surface area contributed by atoms with Crippen LogP contribution in [0.25, 0.3) is 0 Å². The van der Waals surface area contributed by atoms with E-state index in [1.807, 2.05) is 13.2 Å².